The molecule has 8 aromatic heterocycles. The Morgan fingerprint density at radius 1 is 0.276 bits per heavy atom. The standard InChI is InChI=1S/C28H15F4N3.C28H19N3.C25H16F4N2.C20H14N4S2.4Pt/c29-18-12-14-21(23(31)16-18)25-8-4-10-27(33-25)35(20-6-2-1-3-7-20)28-11-5-9-26(34-28)22-15-13-19(30)17-24(22)32;1-4-12-22(13-5-1)25-18-10-20-27(29-25)31(24-16-8-3-9-17-24)28-21-11-19-26(30-28)23-14-6-2-7-15-23;1-25(2,23-7-3-5-21(30-23)17-11-9-15(26)13-19(17)28)24-8-4-6-22(31-24)18-12-10-16(27)14-20(18)29;25-17-7-3-1-5-13(17)15-9-11-21-19(23-15)20-22-12-10-16(24-20)14-6-2-4-8-18(14)26;;;;/h1-13,16-17H;1-12,14,16-21H;3-10,13-14H,1-2H3;1-12,25-26H;;;;/q3*-2;;4*+2/p-2. The van der Waals surface area contributed by atoms with Crippen molar-refractivity contribution >= 4 is 59.9 Å². The minimum Gasteiger partial charge on any atom is -0.779 e. The van der Waals surface area contributed by atoms with Crippen molar-refractivity contribution in [2.75, 3.05) is 9.80 Å². The minimum absolute atomic E-state index is 0. The van der Waals surface area contributed by atoms with Crippen molar-refractivity contribution in [2.45, 2.75) is 29.1 Å². The van der Waals surface area contributed by atoms with Crippen LogP contribution in [0, 0.1) is 82.9 Å². The molecule has 0 spiro atoms. The number of nitrogens with zero attached hydrogens (tertiary/aromatic N) is 12. The number of anilines is 6. The fourth-order valence-corrected chi connectivity index (χ4v) is 13.4. The number of hydrogen-bond acceptors (Lipinski definition) is 14. The number of para-hydroxylation sites is 2. The Bertz CT molecular complexity index is 6410. The summed E-state index contributed by atoms with van der Waals surface area (Å²) in [5, 5.41) is 0. The molecule has 0 saturated carbocycles. The summed E-state index contributed by atoms with van der Waals surface area (Å²) in [5.74, 6) is -2.75. The van der Waals surface area contributed by atoms with Gasteiger partial charge in [0.2, 0.25) is 0 Å². The number of rotatable bonds is 17. The van der Waals surface area contributed by atoms with Crippen molar-refractivity contribution in [3.63, 3.8) is 0 Å². The molecule has 0 bridgehead atoms. The largest absolute Gasteiger partial charge is 2.00 e. The summed E-state index contributed by atoms with van der Waals surface area (Å²) in [4.78, 5) is 51.3. The van der Waals surface area contributed by atoms with Gasteiger partial charge >= 0.3 is 84.3 Å². The first-order valence-electron chi connectivity index (χ1n) is 38.0. The Morgan fingerprint density at radius 2 is 0.567 bits per heavy atom. The summed E-state index contributed by atoms with van der Waals surface area (Å²) >= 11 is 10.8. The molecule has 0 N–H and O–H groups in total. The van der Waals surface area contributed by atoms with Crippen LogP contribution >= 0.6 is 0 Å². The zero-order valence-electron chi connectivity index (χ0n) is 66.3. The van der Waals surface area contributed by atoms with Gasteiger partial charge in [0.25, 0.3) is 0 Å². The van der Waals surface area contributed by atoms with Crippen LogP contribution in [-0.4, -0.2) is 49.8 Å². The molecule has 12 nitrogen and oxygen atoms in total. The first-order chi connectivity index (χ1) is 59.8. The van der Waals surface area contributed by atoms with Gasteiger partial charge < -0.3 is 35.2 Å². The van der Waals surface area contributed by atoms with Crippen LogP contribution in [0.25, 0.3) is 102 Å². The van der Waals surface area contributed by atoms with Gasteiger partial charge in [-0.25, -0.2) is 19.9 Å². The Labute approximate surface area is 796 Å². The zero-order valence-corrected chi connectivity index (χ0v) is 77.0. The maximum absolute atomic E-state index is 14.4. The molecular formula is C101H62F8N12Pt4S2. The molecule has 0 fully saturated rings. The van der Waals surface area contributed by atoms with E-state index in [0.717, 1.165) is 121 Å². The predicted molar refractivity (Wildman–Crippen MR) is 465 cm³/mol. The molecule has 26 heteroatoms. The zero-order chi connectivity index (χ0) is 85.4. The van der Waals surface area contributed by atoms with Crippen LogP contribution in [0.5, 0.6) is 0 Å². The van der Waals surface area contributed by atoms with Gasteiger partial charge in [-0.15, -0.1) is 120 Å². The van der Waals surface area contributed by atoms with Crippen LogP contribution in [0.15, 0.2) is 350 Å². The van der Waals surface area contributed by atoms with Gasteiger partial charge in [-0.05, 0) is 132 Å². The van der Waals surface area contributed by atoms with E-state index in [-0.39, 0.29) is 118 Å². The molecule has 8 heterocycles. The molecule has 10 aromatic carbocycles. The quantitative estimate of drug-likeness (QED) is 0.0486. The Morgan fingerprint density at radius 3 is 0.882 bits per heavy atom. The second-order valence-corrected chi connectivity index (χ2v) is 28.4. The number of pyridine rings is 6. The van der Waals surface area contributed by atoms with E-state index in [0.29, 0.717) is 51.7 Å². The van der Waals surface area contributed by atoms with Crippen molar-refractivity contribution in [3.05, 3.63) is 434 Å². The number of halogens is 8. The molecule has 0 saturated heterocycles. The maximum Gasteiger partial charge on any atom is 2.00 e. The molecule has 0 aliphatic rings. The molecular weight excluding hydrogens is 2380 g/mol. The first-order valence-corrected chi connectivity index (χ1v) is 38.8. The monoisotopic (exact) mass is 2440 g/mol. The van der Waals surface area contributed by atoms with Crippen molar-refractivity contribution in [1.29, 1.82) is 0 Å². The molecule has 0 radical (unpaired) electrons. The third-order valence-corrected chi connectivity index (χ3v) is 19.6. The molecule has 0 amide bonds. The van der Waals surface area contributed by atoms with Gasteiger partial charge in [0.15, 0.2) is 11.6 Å². The maximum atomic E-state index is 14.4. The summed E-state index contributed by atoms with van der Waals surface area (Å²) in [7, 11) is 0. The normalized spacial score (nSPS) is 10.6. The average molecular weight is 2440 g/mol. The van der Waals surface area contributed by atoms with E-state index < -0.39 is 52.0 Å². The van der Waals surface area contributed by atoms with Gasteiger partial charge in [-0.2, -0.15) is 9.79 Å². The molecule has 18 aromatic rings. The van der Waals surface area contributed by atoms with E-state index >= 15 is 0 Å². The van der Waals surface area contributed by atoms with Gasteiger partial charge in [-0.3, -0.25) is 64.9 Å². The van der Waals surface area contributed by atoms with Crippen LogP contribution in [0.4, 0.5) is 69.8 Å². The van der Waals surface area contributed by atoms with Gasteiger partial charge in [-0.1, -0.05) is 204 Å². The summed E-state index contributed by atoms with van der Waals surface area (Å²) in [6.45, 7) is 3.75. The third kappa shape index (κ3) is 23.4. The summed E-state index contributed by atoms with van der Waals surface area (Å²) in [5.41, 5.74) is 10.3. The number of hydrogen-bond donors (Lipinski definition) is 0. The van der Waals surface area contributed by atoms with Crippen molar-refractivity contribution < 1.29 is 119 Å². The second-order valence-electron chi connectivity index (χ2n) is 27.5. The van der Waals surface area contributed by atoms with Gasteiger partial charge in [0, 0.05) is 87.1 Å². The summed E-state index contributed by atoms with van der Waals surface area (Å²) in [6, 6.07) is 110. The fraction of sp³-hybridized carbons (Fsp3) is 0.0297. The topological polar surface area (TPSA) is 135 Å². The Kier molecular flexibility index (Phi) is 33.4. The molecule has 634 valence electrons. The molecule has 0 aliphatic heterocycles. The van der Waals surface area contributed by atoms with E-state index in [2.05, 4.69) is 93.3 Å². The molecule has 0 aliphatic carbocycles. The van der Waals surface area contributed by atoms with E-state index in [1.165, 1.54) is 0 Å². The van der Waals surface area contributed by atoms with E-state index in [1.807, 2.05) is 208 Å². The fourth-order valence-electron chi connectivity index (χ4n) is 12.9. The van der Waals surface area contributed by atoms with Crippen molar-refractivity contribution in [3.8, 4) is 102 Å². The van der Waals surface area contributed by atoms with E-state index in [9.17, 15) is 35.1 Å². The van der Waals surface area contributed by atoms with Crippen LogP contribution in [0.1, 0.15) is 25.2 Å². The van der Waals surface area contributed by atoms with Crippen LogP contribution in [0.2, 0.25) is 0 Å². The Balaban J connectivity index is 0.000000163. The van der Waals surface area contributed by atoms with Crippen LogP contribution < -0.4 is 9.80 Å². The summed E-state index contributed by atoms with van der Waals surface area (Å²) in [6.07, 6.45) is 3.38. The van der Waals surface area contributed by atoms with E-state index in [1.54, 1.807) is 90.1 Å². The molecule has 0 atom stereocenters. The van der Waals surface area contributed by atoms with Crippen molar-refractivity contribution in [1.82, 2.24) is 49.8 Å². The second kappa shape index (κ2) is 44.6. The van der Waals surface area contributed by atoms with Gasteiger partial charge in [0.1, 0.15) is 23.3 Å². The molecule has 18 rings (SSSR count). The van der Waals surface area contributed by atoms with Crippen LogP contribution in [0.3, 0.4) is 0 Å². The average Bonchev–Trinajstić information content (AvgIpc) is 0.755. The molecule has 127 heavy (non-hydrogen) atoms. The minimum atomic E-state index is -0.789. The van der Waals surface area contributed by atoms with Crippen LogP contribution in [-0.2, 0) is 115 Å². The molecule has 0 unspecified atom stereocenters. The summed E-state index contributed by atoms with van der Waals surface area (Å²) < 4.78 is 110. The smallest absolute Gasteiger partial charge is 0.779 e. The third-order valence-electron chi connectivity index (χ3n) is 18.9. The SMILES string of the molecule is CC(C)(c1cccc(-c2[c-]cc(F)cc2F)n1)c1cccc(-c2[c-]cc(F)cc2F)n1.Fc1c[c-]c(-c2cccc(N(c3ccccc3)c3cccc(-c4[c-]cc(F)cc4F)n3)n2)c(F)c1.[Pt+2].[Pt+2].[Pt+2].[Pt+2].[S-]c1ccccc1-c1ccnc(-c2nccc(-c3ccccc3[S-])n2)n1.[c-]1ccccc1-c1cccc(N(c2ccccc2)c2cccc(-c3[c-]cccc3)n2)n1. The van der Waals surface area contributed by atoms with E-state index in [4.69, 9.17) is 35.2 Å². The number of benzene rings is 10. The number of aromatic nitrogens is 10. The first kappa shape index (κ1) is 95.2. The van der Waals surface area contributed by atoms with Gasteiger partial charge in [0.05, 0.1) is 11.4 Å². The predicted octanol–water partition coefficient (Wildman–Crippen LogP) is 24.7. The van der Waals surface area contributed by atoms with Crippen molar-refractivity contribution in [2.24, 2.45) is 0 Å². The Hall–Kier alpha value is -12.5.